The Morgan fingerprint density at radius 2 is 2.33 bits per heavy atom. The highest BCUT2D eigenvalue weighted by atomic mass is 32.2. The van der Waals surface area contributed by atoms with Gasteiger partial charge in [0.2, 0.25) is 0 Å². The molecule has 2 aliphatic heterocycles. The van der Waals surface area contributed by atoms with Crippen molar-refractivity contribution in [3.8, 4) is 0 Å². The third kappa shape index (κ3) is 2.83. The summed E-state index contributed by atoms with van der Waals surface area (Å²) in [6, 6.07) is 2.25. The van der Waals surface area contributed by atoms with Crippen molar-refractivity contribution in [1.29, 1.82) is 0 Å². The minimum atomic E-state index is 0.0784. The summed E-state index contributed by atoms with van der Waals surface area (Å²) in [5.41, 5.74) is 1.69. The van der Waals surface area contributed by atoms with Crippen molar-refractivity contribution in [2.45, 2.75) is 37.5 Å². The van der Waals surface area contributed by atoms with Crippen molar-refractivity contribution in [2.75, 3.05) is 25.5 Å². The van der Waals surface area contributed by atoms with Crippen LogP contribution in [0.3, 0.4) is 0 Å². The van der Waals surface area contributed by atoms with Crippen LogP contribution in [0.25, 0.3) is 0 Å². The van der Waals surface area contributed by atoms with Gasteiger partial charge in [-0.05, 0) is 18.4 Å². The van der Waals surface area contributed by atoms with Gasteiger partial charge in [-0.3, -0.25) is 9.48 Å². The predicted octanol–water partition coefficient (Wildman–Crippen LogP) is 1.89. The molecule has 1 aromatic rings. The van der Waals surface area contributed by atoms with Crippen LogP contribution in [0.4, 0.5) is 0 Å². The Hall–Kier alpha value is -1.01. The van der Waals surface area contributed by atoms with E-state index in [1.54, 1.807) is 0 Å². The summed E-state index contributed by atoms with van der Waals surface area (Å²) in [6.07, 6.45) is 0.938. The van der Waals surface area contributed by atoms with Crippen LogP contribution in [0.15, 0.2) is 6.07 Å². The third-order valence-corrected chi connectivity index (χ3v) is 5.62. The number of nitrogens with zero attached hydrogens (tertiary/aromatic N) is 3. The number of carbonyl (C=O) groups is 1. The molecule has 0 aliphatic carbocycles. The van der Waals surface area contributed by atoms with Gasteiger partial charge in [0.1, 0.15) is 0 Å². The Morgan fingerprint density at radius 1 is 1.52 bits per heavy atom. The highest BCUT2D eigenvalue weighted by molar-refractivity contribution is 8.00. The molecule has 2 atom stereocenters. The monoisotopic (exact) mass is 309 g/mol. The lowest BCUT2D eigenvalue weighted by Gasteiger charge is -2.43. The molecule has 0 aromatic carbocycles. The average Bonchev–Trinajstić information content (AvgIpc) is 2.88. The second-order valence-corrected chi connectivity index (χ2v) is 7.42. The molecule has 6 heteroatoms. The van der Waals surface area contributed by atoms with Crippen molar-refractivity contribution < 1.29 is 9.53 Å². The first kappa shape index (κ1) is 14.9. The number of amides is 1. The number of thioether (sulfide) groups is 1. The topological polar surface area (TPSA) is 47.4 Å². The molecule has 5 nitrogen and oxygen atoms in total. The van der Waals surface area contributed by atoms with E-state index >= 15 is 0 Å². The van der Waals surface area contributed by atoms with E-state index in [2.05, 4.69) is 18.9 Å². The Morgan fingerprint density at radius 3 is 3.05 bits per heavy atom. The van der Waals surface area contributed by atoms with Crippen molar-refractivity contribution in [2.24, 2.45) is 7.05 Å². The number of fused-ring (bicyclic) bond motifs is 1. The summed E-state index contributed by atoms with van der Waals surface area (Å²) in [4.78, 5) is 14.9. The largest absolute Gasteiger partial charge is 0.380 e. The summed E-state index contributed by atoms with van der Waals surface area (Å²) in [5.74, 6) is 1.44. The zero-order valence-electron chi connectivity index (χ0n) is 12.9. The van der Waals surface area contributed by atoms with Crippen molar-refractivity contribution >= 4 is 17.7 Å². The van der Waals surface area contributed by atoms with E-state index < -0.39 is 0 Å². The molecule has 1 aromatic heterocycles. The van der Waals surface area contributed by atoms with Gasteiger partial charge >= 0.3 is 0 Å². The van der Waals surface area contributed by atoms with Gasteiger partial charge in [-0.1, -0.05) is 13.8 Å². The van der Waals surface area contributed by atoms with Crippen LogP contribution >= 0.6 is 11.8 Å². The summed E-state index contributed by atoms with van der Waals surface area (Å²) < 4.78 is 7.38. The van der Waals surface area contributed by atoms with E-state index in [9.17, 15) is 4.79 Å². The fraction of sp³-hybridized carbons (Fsp3) is 0.733. The molecule has 3 rings (SSSR count). The molecular weight excluding hydrogens is 286 g/mol. The highest BCUT2D eigenvalue weighted by Crippen LogP contribution is 2.31. The van der Waals surface area contributed by atoms with Gasteiger partial charge in [-0.15, -0.1) is 0 Å². The maximum atomic E-state index is 12.8. The molecule has 3 heterocycles. The molecule has 0 unspecified atom stereocenters. The van der Waals surface area contributed by atoms with Gasteiger partial charge in [0.15, 0.2) is 5.69 Å². The molecule has 2 saturated heterocycles. The molecule has 0 bridgehead atoms. The van der Waals surface area contributed by atoms with Crippen molar-refractivity contribution in [1.82, 2.24) is 14.7 Å². The molecule has 2 fully saturated rings. The minimum Gasteiger partial charge on any atom is -0.380 e. The molecule has 0 radical (unpaired) electrons. The van der Waals surface area contributed by atoms with Gasteiger partial charge in [-0.25, -0.2) is 0 Å². The van der Waals surface area contributed by atoms with E-state index in [0.29, 0.717) is 22.9 Å². The predicted molar refractivity (Wildman–Crippen MR) is 83.8 cm³/mol. The van der Waals surface area contributed by atoms with E-state index in [0.717, 1.165) is 37.6 Å². The Kier molecular flexibility index (Phi) is 4.26. The van der Waals surface area contributed by atoms with Crippen LogP contribution in [-0.2, 0) is 11.8 Å². The van der Waals surface area contributed by atoms with Gasteiger partial charge in [0, 0.05) is 42.9 Å². The van der Waals surface area contributed by atoms with Gasteiger partial charge in [-0.2, -0.15) is 16.9 Å². The Balaban J connectivity index is 1.82. The van der Waals surface area contributed by atoms with Gasteiger partial charge < -0.3 is 9.64 Å². The molecule has 21 heavy (non-hydrogen) atoms. The summed E-state index contributed by atoms with van der Waals surface area (Å²) >= 11 is 1.93. The standard InChI is InChI=1S/C15H23N3O2S/c1-10(2)13-8-11(16-17(13)3)15(19)18-5-7-21-14-9-20-6-4-12(14)18/h8,10,12,14H,4-7,9H2,1-3H3/t12-,14+/m1/s1. The lowest BCUT2D eigenvalue weighted by Crippen LogP contribution is -2.54. The lowest BCUT2D eigenvalue weighted by atomic mass is 10.1. The number of hydrogen-bond donors (Lipinski definition) is 0. The zero-order chi connectivity index (χ0) is 15.0. The average molecular weight is 309 g/mol. The Bertz CT molecular complexity index is 527. The number of rotatable bonds is 2. The first-order valence-electron chi connectivity index (χ1n) is 7.62. The van der Waals surface area contributed by atoms with Crippen LogP contribution in [0.1, 0.15) is 42.4 Å². The first-order chi connectivity index (χ1) is 10.1. The molecule has 2 aliphatic rings. The maximum Gasteiger partial charge on any atom is 0.274 e. The van der Waals surface area contributed by atoms with Crippen LogP contribution in [0.5, 0.6) is 0 Å². The Labute approximate surface area is 130 Å². The van der Waals surface area contributed by atoms with E-state index in [4.69, 9.17) is 4.74 Å². The fourth-order valence-corrected chi connectivity index (χ4v) is 4.51. The zero-order valence-corrected chi connectivity index (χ0v) is 13.7. The van der Waals surface area contributed by atoms with Crippen LogP contribution < -0.4 is 0 Å². The normalized spacial score (nSPS) is 26.0. The van der Waals surface area contributed by atoms with E-state index in [1.807, 2.05) is 34.5 Å². The second-order valence-electron chi connectivity index (χ2n) is 6.07. The third-order valence-electron chi connectivity index (χ3n) is 4.32. The van der Waals surface area contributed by atoms with Gasteiger partial charge in [0.05, 0.1) is 6.61 Å². The van der Waals surface area contributed by atoms with Crippen molar-refractivity contribution in [3.63, 3.8) is 0 Å². The molecule has 0 N–H and O–H groups in total. The van der Waals surface area contributed by atoms with Crippen molar-refractivity contribution in [3.05, 3.63) is 17.5 Å². The number of hydrogen-bond acceptors (Lipinski definition) is 4. The molecule has 1 amide bonds. The summed E-state index contributed by atoms with van der Waals surface area (Å²) in [6.45, 7) is 6.58. The maximum absolute atomic E-state index is 12.8. The highest BCUT2D eigenvalue weighted by Gasteiger charge is 2.38. The second kappa shape index (κ2) is 6.01. The number of ether oxygens (including phenoxy) is 1. The lowest BCUT2D eigenvalue weighted by molar-refractivity contribution is 0.0315. The first-order valence-corrected chi connectivity index (χ1v) is 8.67. The number of aryl methyl sites for hydroxylation is 1. The molecule has 116 valence electrons. The molecule has 0 spiro atoms. The quantitative estimate of drug-likeness (QED) is 0.837. The number of aromatic nitrogens is 2. The molecular formula is C15H23N3O2S. The van der Waals surface area contributed by atoms with Crippen LogP contribution in [0.2, 0.25) is 0 Å². The molecule has 0 saturated carbocycles. The van der Waals surface area contributed by atoms with Crippen LogP contribution in [-0.4, -0.2) is 57.4 Å². The SMILES string of the molecule is CC(C)c1cc(C(=O)N2CCS[C@H]3COCC[C@H]32)nn1C. The van der Waals surface area contributed by atoms with E-state index in [-0.39, 0.29) is 5.91 Å². The smallest absolute Gasteiger partial charge is 0.274 e. The fourth-order valence-electron chi connectivity index (χ4n) is 3.21. The minimum absolute atomic E-state index is 0.0784. The summed E-state index contributed by atoms with van der Waals surface area (Å²) in [7, 11) is 1.91. The van der Waals surface area contributed by atoms with Gasteiger partial charge in [0.25, 0.3) is 5.91 Å². The number of carbonyl (C=O) groups excluding carboxylic acids is 1. The summed E-state index contributed by atoms with van der Waals surface area (Å²) in [5, 5.41) is 4.85. The van der Waals surface area contributed by atoms with E-state index in [1.165, 1.54) is 0 Å². The van der Waals surface area contributed by atoms with Crippen LogP contribution in [0, 0.1) is 0 Å².